The summed E-state index contributed by atoms with van der Waals surface area (Å²) >= 11 is 0. The van der Waals surface area contributed by atoms with Crippen molar-refractivity contribution in [2.45, 2.75) is 38.2 Å². The van der Waals surface area contributed by atoms with Crippen molar-refractivity contribution in [2.75, 3.05) is 0 Å². The first kappa shape index (κ1) is 15.4. The molecule has 0 aromatic heterocycles. The number of sulfonamides is 1. The van der Waals surface area contributed by atoms with Crippen LogP contribution in [0.1, 0.15) is 26.3 Å². The molecule has 0 bridgehead atoms. The van der Waals surface area contributed by atoms with Gasteiger partial charge >= 0.3 is 5.97 Å². The molecule has 1 rings (SSSR count). The molecule has 0 aliphatic rings. The van der Waals surface area contributed by atoms with Crippen molar-refractivity contribution in [1.29, 1.82) is 0 Å². The van der Waals surface area contributed by atoms with Crippen molar-refractivity contribution in [3.8, 4) is 0 Å². The van der Waals surface area contributed by atoms with Crippen molar-refractivity contribution in [3.05, 3.63) is 29.8 Å². The van der Waals surface area contributed by atoms with E-state index >= 15 is 0 Å². The minimum atomic E-state index is -3.86. The third-order valence-electron chi connectivity index (χ3n) is 2.02. The van der Waals surface area contributed by atoms with Crippen molar-refractivity contribution in [1.82, 2.24) is 0 Å². The molecule has 104 valence electrons. The van der Waals surface area contributed by atoms with Crippen LogP contribution in [0.3, 0.4) is 0 Å². The Morgan fingerprint density at radius 1 is 1.21 bits per heavy atom. The van der Waals surface area contributed by atoms with E-state index in [4.69, 9.17) is 4.74 Å². The fourth-order valence-electron chi connectivity index (χ4n) is 1.21. The first-order valence-electron chi connectivity index (χ1n) is 5.70. The summed E-state index contributed by atoms with van der Waals surface area (Å²) in [5.41, 5.74) is 0.256. The van der Waals surface area contributed by atoms with Gasteiger partial charge in [0.2, 0.25) is 0 Å². The molecule has 0 amide bonds. The number of carbonyl (C=O) groups is 1. The Bertz CT molecular complexity index is 580. The number of esters is 1. The second-order valence-corrected chi connectivity index (χ2v) is 6.69. The van der Waals surface area contributed by atoms with Gasteiger partial charge in [-0.15, -0.1) is 0 Å². The second-order valence-electron chi connectivity index (χ2n) is 5.06. The minimum Gasteiger partial charge on any atom is -0.456 e. The van der Waals surface area contributed by atoms with E-state index < -0.39 is 21.6 Å². The van der Waals surface area contributed by atoms with Crippen molar-refractivity contribution in [2.24, 2.45) is 4.40 Å². The smallest absolute Gasteiger partial charge is 0.350 e. The Kier molecular flexibility index (Phi) is 4.47. The van der Waals surface area contributed by atoms with Crippen molar-refractivity contribution in [3.63, 3.8) is 0 Å². The van der Waals surface area contributed by atoms with Crippen LogP contribution in [-0.2, 0) is 19.6 Å². The van der Waals surface area contributed by atoms with Crippen molar-refractivity contribution >= 4 is 22.2 Å². The summed E-state index contributed by atoms with van der Waals surface area (Å²) in [5.74, 6) is -0.789. The van der Waals surface area contributed by atoms with Gasteiger partial charge in [-0.1, -0.05) is 17.7 Å². The molecule has 0 radical (unpaired) electrons. The monoisotopic (exact) mass is 283 g/mol. The molecule has 0 saturated heterocycles. The quantitative estimate of drug-likeness (QED) is 0.629. The highest BCUT2D eigenvalue weighted by Crippen LogP contribution is 2.13. The number of hydrogen-bond acceptors (Lipinski definition) is 4. The molecule has 19 heavy (non-hydrogen) atoms. The molecule has 0 aliphatic heterocycles. The van der Waals surface area contributed by atoms with E-state index in [1.165, 1.54) is 12.1 Å². The molecule has 0 spiro atoms. The van der Waals surface area contributed by atoms with Crippen LogP contribution in [0.2, 0.25) is 0 Å². The Hall–Kier alpha value is -1.69. The highest BCUT2D eigenvalue weighted by Gasteiger charge is 2.16. The lowest BCUT2D eigenvalue weighted by Crippen LogP contribution is -2.24. The second kappa shape index (κ2) is 5.52. The SMILES string of the molecule is Cc1ccc(S(=O)(=O)/N=C/C(=O)OC(C)(C)C)cc1. The van der Waals surface area contributed by atoms with E-state index in [1.54, 1.807) is 32.9 Å². The van der Waals surface area contributed by atoms with E-state index in [2.05, 4.69) is 4.40 Å². The molecule has 6 heteroatoms. The van der Waals surface area contributed by atoms with Gasteiger partial charge in [0.05, 0.1) is 4.90 Å². The van der Waals surface area contributed by atoms with Crippen LogP contribution in [-0.4, -0.2) is 26.2 Å². The maximum atomic E-state index is 11.8. The molecule has 0 N–H and O–H groups in total. The molecule has 5 nitrogen and oxygen atoms in total. The van der Waals surface area contributed by atoms with Gasteiger partial charge in [-0.05, 0) is 39.8 Å². The summed E-state index contributed by atoms with van der Waals surface area (Å²) in [4.78, 5) is 11.4. The first-order valence-corrected chi connectivity index (χ1v) is 7.14. The molecule has 1 aromatic rings. The van der Waals surface area contributed by atoms with Gasteiger partial charge in [-0.25, -0.2) is 4.79 Å². The lowest BCUT2D eigenvalue weighted by Gasteiger charge is -2.17. The highest BCUT2D eigenvalue weighted by atomic mass is 32.2. The molecular weight excluding hydrogens is 266 g/mol. The minimum absolute atomic E-state index is 0.0397. The topological polar surface area (TPSA) is 72.8 Å². The molecular formula is C13H17NO4S. The number of ether oxygens (including phenoxy) is 1. The molecule has 0 heterocycles. The summed E-state index contributed by atoms with van der Waals surface area (Å²) < 4.78 is 31.9. The predicted octanol–water partition coefficient (Wildman–Crippen LogP) is 2.10. The number of rotatable bonds is 3. The van der Waals surface area contributed by atoms with Crippen LogP contribution in [0.25, 0.3) is 0 Å². The molecule has 0 unspecified atom stereocenters. The molecule has 0 saturated carbocycles. The van der Waals surface area contributed by atoms with E-state index in [1.807, 2.05) is 6.92 Å². The van der Waals surface area contributed by atoms with E-state index in [-0.39, 0.29) is 4.90 Å². The lowest BCUT2D eigenvalue weighted by molar-refractivity contribution is -0.145. The zero-order chi connectivity index (χ0) is 14.7. The van der Waals surface area contributed by atoms with Crippen molar-refractivity contribution < 1.29 is 17.9 Å². The fourth-order valence-corrected chi connectivity index (χ4v) is 2.04. The van der Waals surface area contributed by atoms with Gasteiger partial charge in [0.15, 0.2) is 0 Å². The average Bonchev–Trinajstić information content (AvgIpc) is 2.25. The average molecular weight is 283 g/mol. The predicted molar refractivity (Wildman–Crippen MR) is 72.7 cm³/mol. The Morgan fingerprint density at radius 3 is 2.21 bits per heavy atom. The third kappa shape index (κ3) is 5.21. The van der Waals surface area contributed by atoms with Gasteiger partial charge in [0.25, 0.3) is 10.0 Å². The summed E-state index contributed by atoms with van der Waals surface area (Å²) in [6.07, 6.45) is 0.681. The fraction of sp³-hybridized carbons (Fsp3) is 0.385. The summed E-state index contributed by atoms with van der Waals surface area (Å²) in [7, 11) is -3.86. The van der Waals surface area contributed by atoms with Crippen LogP contribution < -0.4 is 0 Å². The highest BCUT2D eigenvalue weighted by molar-refractivity contribution is 7.90. The van der Waals surface area contributed by atoms with Crippen LogP contribution in [0, 0.1) is 6.92 Å². The van der Waals surface area contributed by atoms with E-state index in [9.17, 15) is 13.2 Å². The van der Waals surface area contributed by atoms with Gasteiger partial charge in [0.1, 0.15) is 11.8 Å². The maximum absolute atomic E-state index is 11.8. The van der Waals surface area contributed by atoms with Gasteiger partial charge in [-0.3, -0.25) is 0 Å². The van der Waals surface area contributed by atoms with Crippen LogP contribution in [0.4, 0.5) is 0 Å². The third-order valence-corrected chi connectivity index (χ3v) is 3.27. The molecule has 0 aliphatic carbocycles. The number of hydrogen-bond donors (Lipinski definition) is 0. The van der Waals surface area contributed by atoms with Gasteiger partial charge in [0, 0.05) is 0 Å². The lowest BCUT2D eigenvalue weighted by atomic mass is 10.2. The Morgan fingerprint density at radius 2 is 1.74 bits per heavy atom. The molecule has 0 fully saturated rings. The van der Waals surface area contributed by atoms with Crippen LogP contribution >= 0.6 is 0 Å². The van der Waals surface area contributed by atoms with E-state index in [0.717, 1.165) is 5.56 Å². The van der Waals surface area contributed by atoms with Crippen LogP contribution in [0.15, 0.2) is 33.6 Å². The number of carbonyl (C=O) groups excluding carboxylic acids is 1. The zero-order valence-electron chi connectivity index (χ0n) is 11.4. The summed E-state index contributed by atoms with van der Waals surface area (Å²) in [5, 5.41) is 0. The zero-order valence-corrected chi connectivity index (χ0v) is 12.2. The summed E-state index contributed by atoms with van der Waals surface area (Å²) in [6, 6.07) is 6.21. The first-order chi connectivity index (χ1) is 8.60. The largest absolute Gasteiger partial charge is 0.456 e. The normalized spacial score (nSPS) is 12.6. The summed E-state index contributed by atoms with van der Waals surface area (Å²) in [6.45, 7) is 6.91. The van der Waals surface area contributed by atoms with E-state index in [0.29, 0.717) is 6.21 Å². The number of aryl methyl sites for hydroxylation is 1. The Balaban J connectivity index is 2.86. The van der Waals surface area contributed by atoms with Gasteiger partial charge < -0.3 is 4.74 Å². The molecule has 0 atom stereocenters. The number of nitrogens with zero attached hydrogens (tertiary/aromatic N) is 1. The van der Waals surface area contributed by atoms with Crippen LogP contribution in [0.5, 0.6) is 0 Å². The number of benzene rings is 1. The van der Waals surface area contributed by atoms with Gasteiger partial charge in [-0.2, -0.15) is 12.8 Å². The standard InChI is InChI=1S/C13H17NO4S/c1-10-5-7-11(8-6-10)19(16,17)14-9-12(15)18-13(2,3)4/h5-9H,1-4H3/b14-9+. The maximum Gasteiger partial charge on any atom is 0.350 e. The Labute approximate surface area is 113 Å². The molecule has 1 aromatic carbocycles.